The number of rotatable bonds is 6. The average molecular weight is 291 g/mol. The summed E-state index contributed by atoms with van der Waals surface area (Å²) in [6, 6.07) is 2.60. The van der Waals surface area contributed by atoms with Crippen LogP contribution in [0.25, 0.3) is 0 Å². The molecule has 1 aromatic heterocycles. The highest BCUT2D eigenvalue weighted by Gasteiger charge is 2.14. The maximum absolute atomic E-state index is 11.7. The lowest BCUT2D eigenvalue weighted by atomic mass is 10.0. The first-order valence-corrected chi connectivity index (χ1v) is 7.39. The van der Waals surface area contributed by atoms with Gasteiger partial charge in [0.05, 0.1) is 11.9 Å². The van der Waals surface area contributed by atoms with E-state index in [0.717, 1.165) is 12.3 Å². The van der Waals surface area contributed by atoms with Crippen LogP contribution in [0.1, 0.15) is 49.0 Å². The van der Waals surface area contributed by atoms with Crippen LogP contribution >= 0.6 is 0 Å². The average Bonchev–Trinajstić information content (AvgIpc) is 2.97. The van der Waals surface area contributed by atoms with Gasteiger partial charge in [0.15, 0.2) is 0 Å². The van der Waals surface area contributed by atoms with Crippen molar-refractivity contribution in [1.29, 1.82) is 0 Å². The van der Waals surface area contributed by atoms with Gasteiger partial charge in [-0.1, -0.05) is 25.7 Å². The van der Waals surface area contributed by atoms with Gasteiger partial charge in [-0.25, -0.2) is 14.6 Å². The van der Waals surface area contributed by atoms with Crippen molar-refractivity contribution in [2.24, 2.45) is 5.92 Å². The molecule has 2 rings (SSSR count). The van der Waals surface area contributed by atoms with Gasteiger partial charge in [0, 0.05) is 6.54 Å². The van der Waals surface area contributed by atoms with E-state index in [9.17, 15) is 9.59 Å². The SMILES string of the molecule is O=C(NCCCC1CCCC1)Nc1ccc(C(=O)O)nc1. The zero-order chi connectivity index (χ0) is 15.1. The van der Waals surface area contributed by atoms with Gasteiger partial charge in [0.25, 0.3) is 0 Å². The predicted octanol–water partition coefficient (Wildman–Crippen LogP) is 2.87. The quantitative estimate of drug-likeness (QED) is 0.703. The monoisotopic (exact) mass is 291 g/mol. The molecule has 1 saturated carbocycles. The number of hydrogen-bond donors (Lipinski definition) is 3. The molecular weight excluding hydrogens is 270 g/mol. The molecule has 0 unspecified atom stereocenters. The topological polar surface area (TPSA) is 91.3 Å². The maximum atomic E-state index is 11.7. The molecule has 21 heavy (non-hydrogen) atoms. The first-order valence-electron chi connectivity index (χ1n) is 7.39. The maximum Gasteiger partial charge on any atom is 0.354 e. The predicted molar refractivity (Wildman–Crippen MR) is 79.4 cm³/mol. The van der Waals surface area contributed by atoms with E-state index in [1.54, 1.807) is 0 Å². The Balaban J connectivity index is 1.65. The number of carbonyl (C=O) groups excluding carboxylic acids is 1. The first kappa shape index (κ1) is 15.3. The second-order valence-electron chi connectivity index (χ2n) is 5.41. The van der Waals surface area contributed by atoms with Crippen LogP contribution in [0.3, 0.4) is 0 Å². The van der Waals surface area contributed by atoms with Crippen molar-refractivity contribution >= 4 is 17.7 Å². The van der Waals surface area contributed by atoms with Crippen LogP contribution in [0.5, 0.6) is 0 Å². The molecule has 114 valence electrons. The molecule has 1 heterocycles. The van der Waals surface area contributed by atoms with E-state index in [-0.39, 0.29) is 11.7 Å². The number of carbonyl (C=O) groups is 2. The lowest BCUT2D eigenvalue weighted by Crippen LogP contribution is -2.29. The largest absolute Gasteiger partial charge is 0.477 e. The van der Waals surface area contributed by atoms with Crippen molar-refractivity contribution in [2.45, 2.75) is 38.5 Å². The Morgan fingerprint density at radius 1 is 1.29 bits per heavy atom. The number of amides is 2. The van der Waals surface area contributed by atoms with Gasteiger partial charge in [0.2, 0.25) is 0 Å². The van der Waals surface area contributed by atoms with E-state index < -0.39 is 5.97 Å². The Labute approximate surface area is 124 Å². The van der Waals surface area contributed by atoms with Crippen molar-refractivity contribution in [3.05, 3.63) is 24.0 Å². The van der Waals surface area contributed by atoms with Gasteiger partial charge in [0.1, 0.15) is 5.69 Å². The van der Waals surface area contributed by atoms with E-state index in [4.69, 9.17) is 5.11 Å². The number of aromatic carboxylic acids is 1. The summed E-state index contributed by atoms with van der Waals surface area (Å²) in [4.78, 5) is 26.1. The van der Waals surface area contributed by atoms with Crippen LogP contribution in [0.15, 0.2) is 18.3 Å². The molecule has 0 saturated heterocycles. The third-order valence-electron chi connectivity index (χ3n) is 3.79. The summed E-state index contributed by atoms with van der Waals surface area (Å²) in [5.41, 5.74) is 0.436. The summed E-state index contributed by atoms with van der Waals surface area (Å²) in [6.07, 6.45) is 8.85. The van der Waals surface area contributed by atoms with E-state index in [1.807, 2.05) is 0 Å². The summed E-state index contributed by atoms with van der Waals surface area (Å²) < 4.78 is 0. The molecule has 1 aliphatic carbocycles. The number of urea groups is 1. The molecule has 6 heteroatoms. The number of carboxylic acid groups (broad SMARTS) is 1. The summed E-state index contributed by atoms with van der Waals surface area (Å²) >= 11 is 0. The molecule has 1 aromatic rings. The van der Waals surface area contributed by atoms with E-state index in [2.05, 4.69) is 15.6 Å². The molecule has 0 atom stereocenters. The summed E-state index contributed by atoms with van der Waals surface area (Å²) in [5.74, 6) is -0.250. The summed E-state index contributed by atoms with van der Waals surface area (Å²) in [6.45, 7) is 0.656. The third-order valence-corrected chi connectivity index (χ3v) is 3.79. The minimum absolute atomic E-state index is 0.0440. The standard InChI is InChI=1S/C15H21N3O3/c19-14(20)13-8-7-12(10-17-13)18-15(21)16-9-3-6-11-4-1-2-5-11/h7-8,10-11H,1-6,9H2,(H,19,20)(H2,16,18,21). The molecule has 0 aliphatic heterocycles. The summed E-state index contributed by atoms with van der Waals surface area (Å²) in [7, 11) is 0. The molecule has 0 spiro atoms. The number of pyridine rings is 1. The number of nitrogens with zero attached hydrogens (tertiary/aromatic N) is 1. The minimum Gasteiger partial charge on any atom is -0.477 e. The van der Waals surface area contributed by atoms with E-state index in [0.29, 0.717) is 12.2 Å². The van der Waals surface area contributed by atoms with Gasteiger partial charge < -0.3 is 15.7 Å². The Bertz CT molecular complexity index is 481. The highest BCUT2D eigenvalue weighted by Crippen LogP contribution is 2.28. The molecule has 1 fully saturated rings. The van der Waals surface area contributed by atoms with Crippen LogP contribution < -0.4 is 10.6 Å². The van der Waals surface area contributed by atoms with Gasteiger partial charge in [-0.05, 0) is 30.9 Å². The summed E-state index contributed by atoms with van der Waals surface area (Å²) in [5, 5.41) is 14.2. The van der Waals surface area contributed by atoms with Crippen molar-refractivity contribution < 1.29 is 14.7 Å². The van der Waals surface area contributed by atoms with Crippen LogP contribution in [0.2, 0.25) is 0 Å². The third kappa shape index (κ3) is 5.06. The van der Waals surface area contributed by atoms with Crippen LogP contribution in [0.4, 0.5) is 10.5 Å². The number of anilines is 1. The molecular formula is C15H21N3O3. The first-order chi connectivity index (χ1) is 10.1. The number of nitrogens with one attached hydrogen (secondary N) is 2. The van der Waals surface area contributed by atoms with Gasteiger partial charge in [-0.15, -0.1) is 0 Å². The molecule has 3 N–H and O–H groups in total. The zero-order valence-electron chi connectivity index (χ0n) is 12.0. The minimum atomic E-state index is -1.09. The van der Waals surface area contributed by atoms with E-state index >= 15 is 0 Å². The Hall–Kier alpha value is -2.11. The van der Waals surface area contributed by atoms with Gasteiger partial charge in [-0.3, -0.25) is 0 Å². The van der Waals surface area contributed by atoms with Gasteiger partial charge >= 0.3 is 12.0 Å². The second-order valence-corrected chi connectivity index (χ2v) is 5.41. The number of carboxylic acids is 1. The van der Waals surface area contributed by atoms with Crippen LogP contribution in [0, 0.1) is 5.92 Å². The highest BCUT2D eigenvalue weighted by molar-refractivity contribution is 5.90. The van der Waals surface area contributed by atoms with Crippen molar-refractivity contribution in [2.75, 3.05) is 11.9 Å². The lowest BCUT2D eigenvalue weighted by Gasteiger charge is -2.10. The molecule has 0 bridgehead atoms. The zero-order valence-corrected chi connectivity index (χ0v) is 12.0. The van der Waals surface area contributed by atoms with Crippen LogP contribution in [-0.4, -0.2) is 28.6 Å². The van der Waals surface area contributed by atoms with Crippen molar-refractivity contribution in [1.82, 2.24) is 10.3 Å². The smallest absolute Gasteiger partial charge is 0.354 e. The second kappa shape index (κ2) is 7.61. The Kier molecular flexibility index (Phi) is 5.54. The van der Waals surface area contributed by atoms with E-state index in [1.165, 1.54) is 50.4 Å². The molecule has 2 amide bonds. The van der Waals surface area contributed by atoms with Gasteiger partial charge in [-0.2, -0.15) is 0 Å². The Morgan fingerprint density at radius 3 is 2.67 bits per heavy atom. The van der Waals surface area contributed by atoms with Crippen LogP contribution in [-0.2, 0) is 0 Å². The fourth-order valence-corrected chi connectivity index (χ4v) is 2.66. The lowest BCUT2D eigenvalue weighted by molar-refractivity contribution is 0.0690. The normalized spacial score (nSPS) is 14.9. The molecule has 0 radical (unpaired) electrons. The fraction of sp³-hybridized carbons (Fsp3) is 0.533. The van der Waals surface area contributed by atoms with Crippen molar-refractivity contribution in [3.8, 4) is 0 Å². The van der Waals surface area contributed by atoms with Crippen molar-refractivity contribution in [3.63, 3.8) is 0 Å². The molecule has 1 aliphatic rings. The molecule has 0 aromatic carbocycles. The Morgan fingerprint density at radius 2 is 2.05 bits per heavy atom. The highest BCUT2D eigenvalue weighted by atomic mass is 16.4. The fourth-order valence-electron chi connectivity index (χ4n) is 2.66. The number of hydrogen-bond acceptors (Lipinski definition) is 3. The molecule has 6 nitrogen and oxygen atoms in total. The number of aromatic nitrogens is 1.